The summed E-state index contributed by atoms with van der Waals surface area (Å²) in [6.45, 7) is 26.2. The van der Waals surface area contributed by atoms with E-state index in [4.69, 9.17) is 0 Å². The minimum Gasteiger partial charge on any atom is -0.106 e. The molecular formula is C33H58. The molecule has 0 bridgehead atoms. The molecule has 0 aromatic carbocycles. The molecule has 0 nitrogen and oxygen atoms in total. The van der Waals surface area contributed by atoms with Crippen molar-refractivity contribution >= 4 is 0 Å². The first kappa shape index (κ1) is 27.1. The van der Waals surface area contributed by atoms with Crippen molar-refractivity contribution in [2.45, 2.75) is 126 Å². The number of fused-ring (bicyclic) bond motifs is 5. The molecule has 0 amide bonds. The van der Waals surface area contributed by atoms with Crippen molar-refractivity contribution in [3.63, 3.8) is 0 Å². The lowest BCUT2D eigenvalue weighted by molar-refractivity contribution is -0.0559. The van der Waals surface area contributed by atoms with Gasteiger partial charge < -0.3 is 0 Å². The molecule has 0 aromatic heterocycles. The van der Waals surface area contributed by atoms with E-state index in [1.165, 1.54) is 70.6 Å². The molecule has 0 heteroatoms. The standard InChI is InChI=1S/C31H54.C2H4/c1-21(2)10-9-11-22(3)26-14-15-27-25-13-12-24-20-23(29(4,5)6)16-18-30(24,7)28(25)17-19-31(26,27)8;1-2/h12,21-23,25-28H,9-11,13-20H2,1-8H3;1-2H2/t22-,23?,25+,26-,27+,28+,30+,31-;/m1./s1. The zero-order valence-corrected chi connectivity index (χ0v) is 23.8. The predicted molar refractivity (Wildman–Crippen MR) is 147 cm³/mol. The average Bonchev–Trinajstić information content (AvgIpc) is 3.10. The molecule has 33 heavy (non-hydrogen) atoms. The molecule has 8 atom stereocenters. The Labute approximate surface area is 208 Å². The lowest BCUT2D eigenvalue weighted by Crippen LogP contribution is -2.51. The maximum absolute atomic E-state index is 3.00. The Balaban J connectivity index is 0.00000149. The lowest BCUT2D eigenvalue weighted by atomic mass is 9.46. The summed E-state index contributed by atoms with van der Waals surface area (Å²) in [4.78, 5) is 0. The van der Waals surface area contributed by atoms with E-state index in [1.54, 1.807) is 0 Å². The molecule has 4 aliphatic rings. The third kappa shape index (κ3) is 5.07. The first-order chi connectivity index (χ1) is 15.5. The Kier molecular flexibility index (Phi) is 8.39. The van der Waals surface area contributed by atoms with E-state index >= 15 is 0 Å². The Hall–Kier alpha value is -0.520. The topological polar surface area (TPSA) is 0 Å². The van der Waals surface area contributed by atoms with Gasteiger partial charge in [0.15, 0.2) is 0 Å². The van der Waals surface area contributed by atoms with Crippen LogP contribution in [0.15, 0.2) is 24.8 Å². The molecule has 0 spiro atoms. The molecule has 190 valence electrons. The van der Waals surface area contributed by atoms with Crippen molar-refractivity contribution < 1.29 is 0 Å². The molecule has 1 unspecified atom stereocenters. The van der Waals surface area contributed by atoms with Gasteiger partial charge in [-0.3, -0.25) is 0 Å². The molecule has 0 radical (unpaired) electrons. The fraction of sp³-hybridized carbons (Fsp3) is 0.879. The molecule has 3 saturated carbocycles. The third-order valence-electron chi connectivity index (χ3n) is 11.5. The Morgan fingerprint density at radius 2 is 1.64 bits per heavy atom. The van der Waals surface area contributed by atoms with E-state index in [1.807, 2.05) is 5.57 Å². The molecular weight excluding hydrogens is 396 g/mol. The highest BCUT2D eigenvalue weighted by atomic mass is 14.6. The van der Waals surface area contributed by atoms with Gasteiger partial charge in [0.05, 0.1) is 0 Å². The largest absolute Gasteiger partial charge is 0.106 e. The normalized spacial score (nSPS) is 41.2. The number of allylic oxidation sites excluding steroid dienone is 2. The fourth-order valence-corrected chi connectivity index (χ4v) is 9.42. The highest BCUT2D eigenvalue weighted by molar-refractivity contribution is 5.25. The second-order valence-electron chi connectivity index (χ2n) is 14.6. The highest BCUT2D eigenvalue weighted by Gasteiger charge is 2.59. The van der Waals surface area contributed by atoms with Gasteiger partial charge in [-0.1, -0.05) is 86.3 Å². The van der Waals surface area contributed by atoms with Gasteiger partial charge >= 0.3 is 0 Å². The quantitative estimate of drug-likeness (QED) is 0.362. The van der Waals surface area contributed by atoms with E-state index < -0.39 is 0 Å². The molecule has 0 aliphatic heterocycles. The van der Waals surface area contributed by atoms with E-state index in [0.717, 1.165) is 41.4 Å². The molecule has 4 rings (SSSR count). The van der Waals surface area contributed by atoms with Crippen LogP contribution in [-0.2, 0) is 0 Å². The molecule has 4 aliphatic carbocycles. The van der Waals surface area contributed by atoms with Crippen LogP contribution in [0.4, 0.5) is 0 Å². The summed E-state index contributed by atoms with van der Waals surface area (Å²) in [5, 5.41) is 0. The summed E-state index contributed by atoms with van der Waals surface area (Å²) in [5.41, 5.74) is 3.49. The maximum atomic E-state index is 3.00. The van der Waals surface area contributed by atoms with Crippen LogP contribution < -0.4 is 0 Å². The molecule has 0 N–H and O–H groups in total. The molecule has 0 aromatic rings. The molecule has 0 saturated heterocycles. The monoisotopic (exact) mass is 454 g/mol. The predicted octanol–water partition coefficient (Wildman–Crippen LogP) is 10.5. The summed E-state index contributed by atoms with van der Waals surface area (Å²) in [6, 6.07) is 0. The summed E-state index contributed by atoms with van der Waals surface area (Å²) >= 11 is 0. The molecule has 3 fully saturated rings. The van der Waals surface area contributed by atoms with Crippen LogP contribution in [0, 0.1) is 57.7 Å². The number of rotatable bonds is 5. The molecule has 0 heterocycles. The minimum absolute atomic E-state index is 0.467. The van der Waals surface area contributed by atoms with Crippen molar-refractivity contribution in [1.82, 2.24) is 0 Å². The highest BCUT2D eigenvalue weighted by Crippen LogP contribution is 2.68. The average molecular weight is 455 g/mol. The van der Waals surface area contributed by atoms with Gasteiger partial charge in [0.25, 0.3) is 0 Å². The van der Waals surface area contributed by atoms with Crippen LogP contribution in [0.5, 0.6) is 0 Å². The second kappa shape index (κ2) is 10.2. The summed E-state index contributed by atoms with van der Waals surface area (Å²) < 4.78 is 0. The van der Waals surface area contributed by atoms with Gasteiger partial charge in [-0.15, -0.1) is 13.2 Å². The van der Waals surface area contributed by atoms with Crippen LogP contribution >= 0.6 is 0 Å². The van der Waals surface area contributed by atoms with Crippen LogP contribution in [0.2, 0.25) is 0 Å². The summed E-state index contributed by atoms with van der Waals surface area (Å²) in [6.07, 6.45) is 18.9. The van der Waals surface area contributed by atoms with Crippen molar-refractivity contribution in [2.24, 2.45) is 57.7 Å². The van der Waals surface area contributed by atoms with Gasteiger partial charge in [-0.05, 0) is 109 Å². The Bertz CT molecular complexity index is 677. The van der Waals surface area contributed by atoms with Gasteiger partial charge in [0, 0.05) is 0 Å². The minimum atomic E-state index is 0.467. The SMILES string of the molecule is C=C.CC(C)CCC[C@@H](C)[C@H]1CC[C@H]2[C@@H]3CC=C4CC(C(C)(C)C)CC[C@]4(C)[C@H]3CC[C@]12C. The van der Waals surface area contributed by atoms with Crippen molar-refractivity contribution in [3.05, 3.63) is 24.8 Å². The van der Waals surface area contributed by atoms with E-state index in [-0.39, 0.29) is 0 Å². The summed E-state index contributed by atoms with van der Waals surface area (Å²) in [5.74, 6) is 6.62. The van der Waals surface area contributed by atoms with Crippen LogP contribution in [0.3, 0.4) is 0 Å². The Morgan fingerprint density at radius 3 is 2.27 bits per heavy atom. The third-order valence-corrected chi connectivity index (χ3v) is 11.5. The first-order valence-electron chi connectivity index (χ1n) is 14.7. The van der Waals surface area contributed by atoms with Gasteiger partial charge in [0.1, 0.15) is 0 Å². The zero-order valence-electron chi connectivity index (χ0n) is 23.8. The lowest BCUT2D eigenvalue weighted by Gasteiger charge is -2.59. The first-order valence-corrected chi connectivity index (χ1v) is 14.7. The van der Waals surface area contributed by atoms with E-state index in [0.29, 0.717) is 16.2 Å². The fourth-order valence-electron chi connectivity index (χ4n) is 9.42. The number of hydrogen-bond donors (Lipinski definition) is 0. The van der Waals surface area contributed by atoms with Gasteiger partial charge in [-0.25, -0.2) is 0 Å². The van der Waals surface area contributed by atoms with Crippen molar-refractivity contribution in [1.29, 1.82) is 0 Å². The van der Waals surface area contributed by atoms with Crippen LogP contribution in [0.1, 0.15) is 126 Å². The van der Waals surface area contributed by atoms with Crippen molar-refractivity contribution in [3.8, 4) is 0 Å². The maximum Gasteiger partial charge on any atom is -0.00851 e. The Morgan fingerprint density at radius 1 is 0.939 bits per heavy atom. The number of hydrogen-bond acceptors (Lipinski definition) is 0. The smallest absolute Gasteiger partial charge is 0.00851 e. The van der Waals surface area contributed by atoms with Gasteiger partial charge in [0.2, 0.25) is 0 Å². The van der Waals surface area contributed by atoms with E-state index in [9.17, 15) is 0 Å². The summed E-state index contributed by atoms with van der Waals surface area (Å²) in [7, 11) is 0. The van der Waals surface area contributed by atoms with E-state index in [2.05, 4.69) is 74.6 Å². The van der Waals surface area contributed by atoms with Crippen LogP contribution in [-0.4, -0.2) is 0 Å². The van der Waals surface area contributed by atoms with Gasteiger partial charge in [-0.2, -0.15) is 0 Å². The van der Waals surface area contributed by atoms with Crippen LogP contribution in [0.25, 0.3) is 0 Å². The van der Waals surface area contributed by atoms with Crippen molar-refractivity contribution in [2.75, 3.05) is 0 Å². The second-order valence-corrected chi connectivity index (χ2v) is 14.6. The zero-order chi connectivity index (χ0) is 24.6.